The van der Waals surface area contributed by atoms with Crippen LogP contribution in [0.3, 0.4) is 0 Å². The third-order valence-corrected chi connectivity index (χ3v) is 6.68. The Kier molecular flexibility index (Phi) is 5.09. The Balaban J connectivity index is 1.39. The molecule has 3 aliphatic heterocycles. The summed E-state index contributed by atoms with van der Waals surface area (Å²) in [6, 6.07) is 5.87. The maximum Gasteiger partial charge on any atom is 0.261 e. The first-order valence-electron chi connectivity index (χ1n) is 11.0. The molecule has 2 saturated heterocycles. The summed E-state index contributed by atoms with van der Waals surface area (Å²) in [7, 11) is 0. The zero-order valence-electron chi connectivity index (χ0n) is 16.9. The number of benzene rings is 1. The highest BCUT2D eigenvalue weighted by molar-refractivity contribution is 5.97. The van der Waals surface area contributed by atoms with Crippen LogP contribution in [0.1, 0.15) is 41.9 Å². The zero-order chi connectivity index (χ0) is 19.8. The van der Waals surface area contributed by atoms with Crippen molar-refractivity contribution in [2.24, 2.45) is 0 Å². The lowest BCUT2D eigenvalue weighted by molar-refractivity contribution is 0.0773. The van der Waals surface area contributed by atoms with E-state index in [1.807, 2.05) is 15.5 Å². The van der Waals surface area contributed by atoms with Gasteiger partial charge >= 0.3 is 0 Å². The highest BCUT2D eigenvalue weighted by atomic mass is 16.2. The molecule has 1 aromatic carbocycles. The van der Waals surface area contributed by atoms with Crippen LogP contribution >= 0.6 is 0 Å². The van der Waals surface area contributed by atoms with Crippen molar-refractivity contribution in [3.8, 4) is 0 Å². The minimum atomic E-state index is 0.0332. The monoisotopic (exact) mass is 395 g/mol. The van der Waals surface area contributed by atoms with Crippen LogP contribution in [0.2, 0.25) is 0 Å². The van der Waals surface area contributed by atoms with E-state index in [-0.39, 0.29) is 11.5 Å². The van der Waals surface area contributed by atoms with Crippen molar-refractivity contribution in [1.29, 1.82) is 0 Å². The van der Waals surface area contributed by atoms with Crippen LogP contribution in [0.5, 0.6) is 0 Å². The Labute approximate surface area is 170 Å². The molecule has 1 N–H and O–H groups in total. The van der Waals surface area contributed by atoms with Crippen LogP contribution in [0.4, 0.5) is 0 Å². The molecule has 7 nitrogen and oxygen atoms in total. The van der Waals surface area contributed by atoms with E-state index in [2.05, 4.69) is 10.2 Å². The van der Waals surface area contributed by atoms with E-state index in [4.69, 9.17) is 4.98 Å². The number of aromatic nitrogens is 2. The van der Waals surface area contributed by atoms with Gasteiger partial charge in [0.15, 0.2) is 0 Å². The second-order valence-electron chi connectivity index (χ2n) is 8.51. The summed E-state index contributed by atoms with van der Waals surface area (Å²) in [5.41, 5.74) is 1.33. The fourth-order valence-corrected chi connectivity index (χ4v) is 5.01. The van der Waals surface area contributed by atoms with Gasteiger partial charge in [0.05, 0.1) is 10.9 Å². The molecule has 0 spiro atoms. The van der Waals surface area contributed by atoms with Crippen LogP contribution in [0.25, 0.3) is 10.9 Å². The van der Waals surface area contributed by atoms with Crippen molar-refractivity contribution < 1.29 is 4.79 Å². The van der Waals surface area contributed by atoms with Crippen molar-refractivity contribution >= 4 is 16.8 Å². The Hall–Kier alpha value is -2.25. The zero-order valence-corrected chi connectivity index (χ0v) is 16.9. The number of fused-ring (bicyclic) bond motifs is 2. The fraction of sp³-hybridized carbons (Fsp3) is 0.591. The molecule has 0 radical (unpaired) electrons. The number of amides is 1. The van der Waals surface area contributed by atoms with E-state index < -0.39 is 0 Å². The van der Waals surface area contributed by atoms with Gasteiger partial charge in [-0.15, -0.1) is 0 Å². The Morgan fingerprint density at radius 1 is 1.07 bits per heavy atom. The van der Waals surface area contributed by atoms with E-state index in [0.717, 1.165) is 83.7 Å². The van der Waals surface area contributed by atoms with Gasteiger partial charge in [0.1, 0.15) is 5.82 Å². The topological polar surface area (TPSA) is 70.5 Å². The van der Waals surface area contributed by atoms with Crippen molar-refractivity contribution in [2.75, 3.05) is 39.3 Å². The largest absolute Gasteiger partial charge is 0.337 e. The summed E-state index contributed by atoms with van der Waals surface area (Å²) < 4.78 is 1.83. The number of nitrogens with one attached hydrogen (secondary N) is 1. The summed E-state index contributed by atoms with van der Waals surface area (Å²) in [6.07, 6.45) is 5.10. The van der Waals surface area contributed by atoms with E-state index >= 15 is 0 Å². The van der Waals surface area contributed by atoms with Gasteiger partial charge in [-0.2, -0.15) is 0 Å². The average Bonchev–Trinajstić information content (AvgIpc) is 3.13. The summed E-state index contributed by atoms with van der Waals surface area (Å²) in [5, 5.41) is 4.01. The lowest BCUT2D eigenvalue weighted by Crippen LogP contribution is -2.49. The number of aryl methyl sites for hydroxylation is 1. The number of rotatable bonds is 2. The summed E-state index contributed by atoms with van der Waals surface area (Å²) in [4.78, 5) is 35.3. The van der Waals surface area contributed by atoms with Crippen molar-refractivity contribution in [2.45, 2.75) is 44.7 Å². The predicted molar refractivity (Wildman–Crippen MR) is 112 cm³/mol. The molecule has 7 heteroatoms. The standard InChI is InChI=1S/C22H29N5O2/c28-21(26-11-7-17(15-26)25-12-8-23-9-13-25)16-5-6-18-19(14-16)24-20-4-2-1-3-10-27(20)22(18)29/h5-6,14,17,23H,1-4,7-13,15H2. The SMILES string of the molecule is O=C(c1ccc2c(=O)n3c(nc2c1)CCCCC3)N1CCC(N2CCNCC2)C1. The van der Waals surface area contributed by atoms with Gasteiger partial charge in [0.2, 0.25) is 0 Å². The van der Waals surface area contributed by atoms with E-state index in [1.54, 1.807) is 12.1 Å². The normalized spacial score (nSPS) is 23.2. The Morgan fingerprint density at radius 2 is 1.93 bits per heavy atom. The Morgan fingerprint density at radius 3 is 2.79 bits per heavy atom. The highest BCUT2D eigenvalue weighted by Crippen LogP contribution is 2.21. The number of carbonyl (C=O) groups excluding carboxylic acids is 1. The summed E-state index contributed by atoms with van der Waals surface area (Å²) in [6.45, 7) is 6.51. The molecule has 0 bridgehead atoms. The third-order valence-electron chi connectivity index (χ3n) is 6.68. The lowest BCUT2D eigenvalue weighted by Gasteiger charge is -2.32. The maximum atomic E-state index is 13.1. The first-order valence-corrected chi connectivity index (χ1v) is 11.0. The number of nitrogens with zero attached hydrogens (tertiary/aromatic N) is 4. The van der Waals surface area contributed by atoms with Gasteiger partial charge < -0.3 is 10.2 Å². The molecule has 0 aliphatic carbocycles. The Bertz CT molecular complexity index is 979. The molecule has 2 fully saturated rings. The van der Waals surface area contributed by atoms with Gasteiger partial charge in [-0.3, -0.25) is 19.1 Å². The number of likely N-dealkylation sites (tertiary alicyclic amines) is 1. The smallest absolute Gasteiger partial charge is 0.261 e. The van der Waals surface area contributed by atoms with Crippen LogP contribution in [-0.2, 0) is 13.0 Å². The molecule has 1 aromatic heterocycles. The molecule has 29 heavy (non-hydrogen) atoms. The number of carbonyl (C=O) groups is 1. The highest BCUT2D eigenvalue weighted by Gasteiger charge is 2.31. The molecule has 5 rings (SSSR count). The quantitative estimate of drug-likeness (QED) is 0.829. The van der Waals surface area contributed by atoms with Crippen molar-refractivity contribution in [3.05, 3.63) is 39.9 Å². The van der Waals surface area contributed by atoms with Crippen molar-refractivity contribution in [3.63, 3.8) is 0 Å². The van der Waals surface area contributed by atoms with Crippen LogP contribution in [0.15, 0.2) is 23.0 Å². The van der Waals surface area contributed by atoms with E-state index in [0.29, 0.717) is 22.5 Å². The molecule has 1 unspecified atom stereocenters. The second-order valence-corrected chi connectivity index (χ2v) is 8.51. The van der Waals surface area contributed by atoms with Gasteiger partial charge in [0, 0.05) is 63.8 Å². The molecule has 2 aromatic rings. The molecular formula is C22H29N5O2. The lowest BCUT2D eigenvalue weighted by atomic mass is 10.1. The first kappa shape index (κ1) is 18.8. The van der Waals surface area contributed by atoms with Crippen LogP contribution < -0.4 is 10.9 Å². The van der Waals surface area contributed by atoms with Gasteiger partial charge in [-0.25, -0.2) is 4.98 Å². The predicted octanol–water partition coefficient (Wildman–Crippen LogP) is 1.24. The number of hydrogen-bond donors (Lipinski definition) is 1. The van der Waals surface area contributed by atoms with Crippen molar-refractivity contribution in [1.82, 2.24) is 24.7 Å². The van der Waals surface area contributed by atoms with Crippen LogP contribution in [-0.4, -0.2) is 70.6 Å². The molecule has 0 saturated carbocycles. The molecule has 1 atom stereocenters. The van der Waals surface area contributed by atoms with E-state index in [1.165, 1.54) is 0 Å². The van der Waals surface area contributed by atoms with E-state index in [9.17, 15) is 9.59 Å². The summed E-state index contributed by atoms with van der Waals surface area (Å²) >= 11 is 0. The minimum Gasteiger partial charge on any atom is -0.337 e. The third kappa shape index (κ3) is 3.57. The first-order chi connectivity index (χ1) is 14.2. The second kappa shape index (κ2) is 7.88. The fourth-order valence-electron chi connectivity index (χ4n) is 5.01. The molecule has 1 amide bonds. The average molecular weight is 396 g/mol. The molecule has 154 valence electrons. The van der Waals surface area contributed by atoms with Gasteiger partial charge in [0.25, 0.3) is 11.5 Å². The summed E-state index contributed by atoms with van der Waals surface area (Å²) in [5.74, 6) is 0.922. The maximum absolute atomic E-state index is 13.1. The minimum absolute atomic E-state index is 0.0332. The van der Waals surface area contributed by atoms with Crippen LogP contribution in [0, 0.1) is 0 Å². The molecule has 4 heterocycles. The molecule has 3 aliphatic rings. The number of hydrogen-bond acceptors (Lipinski definition) is 5. The van der Waals surface area contributed by atoms with Gasteiger partial charge in [-0.05, 0) is 37.5 Å². The number of piperazine rings is 1. The van der Waals surface area contributed by atoms with Gasteiger partial charge in [-0.1, -0.05) is 6.42 Å². The molecular weight excluding hydrogens is 366 g/mol.